The summed E-state index contributed by atoms with van der Waals surface area (Å²) in [5.74, 6) is 2.41. The van der Waals surface area contributed by atoms with E-state index in [2.05, 4.69) is 52.1 Å². The quantitative estimate of drug-likeness (QED) is 0.331. The van der Waals surface area contributed by atoms with Gasteiger partial charge in [0.25, 0.3) is 5.89 Å². The molecule has 1 saturated heterocycles. The highest BCUT2D eigenvalue weighted by atomic mass is 16.5. The van der Waals surface area contributed by atoms with Crippen molar-refractivity contribution in [2.24, 2.45) is 5.92 Å². The molecule has 5 rings (SSSR count). The second-order valence-corrected chi connectivity index (χ2v) is 9.59. The van der Waals surface area contributed by atoms with E-state index in [1.54, 1.807) is 6.20 Å². The van der Waals surface area contributed by atoms with Crippen LogP contribution in [0, 0.1) is 26.7 Å². The number of aryl methyl sites for hydroxylation is 3. The van der Waals surface area contributed by atoms with Gasteiger partial charge >= 0.3 is 0 Å². The van der Waals surface area contributed by atoms with Gasteiger partial charge in [-0.25, -0.2) is 0 Å². The Morgan fingerprint density at radius 3 is 2.57 bits per heavy atom. The maximum Gasteiger partial charge on any atom is 0.258 e. The molecule has 2 aromatic heterocycles. The van der Waals surface area contributed by atoms with Crippen LogP contribution in [0.15, 0.2) is 65.3 Å². The van der Waals surface area contributed by atoms with Gasteiger partial charge in [-0.2, -0.15) is 4.98 Å². The van der Waals surface area contributed by atoms with E-state index in [0.29, 0.717) is 17.6 Å². The van der Waals surface area contributed by atoms with Crippen molar-refractivity contribution in [3.63, 3.8) is 0 Å². The Hall–Kier alpha value is -3.51. The zero-order valence-electron chi connectivity index (χ0n) is 20.7. The lowest BCUT2D eigenvalue weighted by atomic mass is 9.97. The zero-order valence-corrected chi connectivity index (χ0v) is 20.7. The molecule has 1 aliphatic rings. The Morgan fingerprint density at radius 2 is 1.80 bits per heavy atom. The Kier molecular flexibility index (Phi) is 6.91. The summed E-state index contributed by atoms with van der Waals surface area (Å²) in [6, 6.07) is 18.6. The highest BCUT2D eigenvalue weighted by Gasteiger charge is 2.20. The minimum atomic E-state index is 0.477. The summed E-state index contributed by atoms with van der Waals surface area (Å²) < 4.78 is 11.7. The third kappa shape index (κ3) is 5.77. The van der Waals surface area contributed by atoms with Crippen LogP contribution in [-0.4, -0.2) is 39.7 Å². The van der Waals surface area contributed by atoms with Gasteiger partial charge in [0.1, 0.15) is 5.75 Å². The summed E-state index contributed by atoms with van der Waals surface area (Å²) in [6.07, 6.45) is 4.07. The zero-order chi connectivity index (χ0) is 24.2. The van der Waals surface area contributed by atoms with E-state index in [9.17, 15) is 0 Å². The molecular formula is C29H32N4O2. The number of benzene rings is 2. The van der Waals surface area contributed by atoms with Crippen molar-refractivity contribution in [1.29, 1.82) is 0 Å². The number of likely N-dealkylation sites (tertiary alicyclic amines) is 1. The van der Waals surface area contributed by atoms with Crippen molar-refractivity contribution in [1.82, 2.24) is 20.0 Å². The lowest BCUT2D eigenvalue weighted by molar-refractivity contribution is 0.136. The van der Waals surface area contributed by atoms with E-state index in [1.807, 2.05) is 43.3 Å². The van der Waals surface area contributed by atoms with Crippen LogP contribution < -0.4 is 4.74 Å². The monoisotopic (exact) mass is 468 g/mol. The predicted octanol–water partition coefficient (Wildman–Crippen LogP) is 6.01. The molecule has 6 heteroatoms. The molecule has 0 radical (unpaired) electrons. The lowest BCUT2D eigenvalue weighted by Crippen LogP contribution is -2.35. The first kappa shape index (κ1) is 23.2. The first-order valence-electron chi connectivity index (χ1n) is 12.3. The van der Waals surface area contributed by atoms with Crippen molar-refractivity contribution in [3.8, 4) is 28.6 Å². The second-order valence-electron chi connectivity index (χ2n) is 9.59. The lowest BCUT2D eigenvalue weighted by Gasteiger charge is -2.32. The molecule has 35 heavy (non-hydrogen) atoms. The van der Waals surface area contributed by atoms with Gasteiger partial charge in [0.15, 0.2) is 0 Å². The molecule has 4 aromatic rings. The first-order chi connectivity index (χ1) is 17.0. The van der Waals surface area contributed by atoms with Crippen molar-refractivity contribution >= 4 is 0 Å². The molecule has 0 bridgehead atoms. The van der Waals surface area contributed by atoms with Crippen molar-refractivity contribution in [2.75, 3.05) is 19.7 Å². The molecule has 6 nitrogen and oxygen atoms in total. The van der Waals surface area contributed by atoms with Crippen LogP contribution in [0.3, 0.4) is 0 Å². The van der Waals surface area contributed by atoms with Gasteiger partial charge in [-0.3, -0.25) is 9.88 Å². The number of piperidine rings is 1. The first-order valence-corrected chi connectivity index (χ1v) is 12.3. The smallest absolute Gasteiger partial charge is 0.258 e. The minimum absolute atomic E-state index is 0.477. The molecule has 1 aliphatic heterocycles. The van der Waals surface area contributed by atoms with E-state index in [0.717, 1.165) is 61.7 Å². The summed E-state index contributed by atoms with van der Waals surface area (Å²) in [4.78, 5) is 11.4. The molecule has 0 amide bonds. The van der Waals surface area contributed by atoms with Gasteiger partial charge in [-0.15, -0.1) is 0 Å². The van der Waals surface area contributed by atoms with Gasteiger partial charge in [0, 0.05) is 29.6 Å². The summed E-state index contributed by atoms with van der Waals surface area (Å²) in [6.45, 7) is 10.3. The topological polar surface area (TPSA) is 64.3 Å². The van der Waals surface area contributed by atoms with E-state index in [-0.39, 0.29) is 0 Å². The van der Waals surface area contributed by atoms with Gasteiger partial charge in [-0.05, 0) is 99.6 Å². The molecule has 1 fully saturated rings. The maximum atomic E-state index is 6.18. The van der Waals surface area contributed by atoms with Crippen molar-refractivity contribution in [3.05, 3.63) is 83.2 Å². The van der Waals surface area contributed by atoms with Gasteiger partial charge in [-0.1, -0.05) is 29.4 Å². The molecule has 0 unspecified atom stereocenters. The second kappa shape index (κ2) is 10.4. The number of hydrogen-bond donors (Lipinski definition) is 0. The van der Waals surface area contributed by atoms with Gasteiger partial charge in [0.2, 0.25) is 5.82 Å². The van der Waals surface area contributed by atoms with Crippen LogP contribution in [-0.2, 0) is 6.54 Å². The van der Waals surface area contributed by atoms with Crippen LogP contribution in [0.2, 0.25) is 0 Å². The predicted molar refractivity (Wildman–Crippen MR) is 137 cm³/mol. The fraction of sp³-hybridized carbons (Fsp3) is 0.345. The highest BCUT2D eigenvalue weighted by molar-refractivity contribution is 5.60. The van der Waals surface area contributed by atoms with Crippen LogP contribution in [0.1, 0.15) is 35.2 Å². The molecular weight excluding hydrogens is 436 g/mol. The van der Waals surface area contributed by atoms with E-state index < -0.39 is 0 Å². The fourth-order valence-electron chi connectivity index (χ4n) is 4.46. The summed E-state index contributed by atoms with van der Waals surface area (Å²) in [5.41, 5.74) is 6.77. The average Bonchev–Trinajstić information content (AvgIpc) is 3.37. The van der Waals surface area contributed by atoms with E-state index in [4.69, 9.17) is 9.26 Å². The van der Waals surface area contributed by atoms with Crippen molar-refractivity contribution in [2.45, 2.75) is 40.2 Å². The number of pyridine rings is 1. The third-order valence-corrected chi connectivity index (χ3v) is 6.85. The van der Waals surface area contributed by atoms with E-state index in [1.165, 1.54) is 16.7 Å². The molecule has 0 aliphatic carbocycles. The molecule has 3 heterocycles. The Labute approximate surface area is 207 Å². The van der Waals surface area contributed by atoms with Gasteiger partial charge in [0.05, 0.1) is 6.61 Å². The van der Waals surface area contributed by atoms with E-state index >= 15 is 0 Å². The molecule has 2 aromatic carbocycles. The number of ether oxygens (including phenoxy) is 1. The van der Waals surface area contributed by atoms with Gasteiger partial charge < -0.3 is 9.26 Å². The average molecular weight is 469 g/mol. The summed E-state index contributed by atoms with van der Waals surface area (Å²) in [7, 11) is 0. The highest BCUT2D eigenvalue weighted by Crippen LogP contribution is 2.27. The third-order valence-electron chi connectivity index (χ3n) is 6.85. The Bertz CT molecular complexity index is 1270. The van der Waals surface area contributed by atoms with Crippen molar-refractivity contribution < 1.29 is 9.26 Å². The number of rotatable bonds is 7. The maximum absolute atomic E-state index is 6.18. The normalized spacial score (nSPS) is 14.8. The SMILES string of the molecule is Cc1ccc(-c2noc(-c3cccc(OCC4CCN(Cc5ccc(C)c(C)c5)CC4)c3)n2)cn1. The number of nitrogens with zero attached hydrogens (tertiary/aromatic N) is 4. The minimum Gasteiger partial charge on any atom is -0.493 e. The van der Waals surface area contributed by atoms with Crippen LogP contribution in [0.25, 0.3) is 22.8 Å². The molecule has 0 atom stereocenters. The standard InChI is InChI=1S/C29H32N4O2/c1-20-7-9-24(15-21(20)2)18-33-13-11-23(12-14-33)19-34-27-6-4-5-25(16-27)29-31-28(32-35-29)26-10-8-22(3)30-17-26/h4-10,15-17,23H,11-14,18-19H2,1-3H3. The Morgan fingerprint density at radius 1 is 0.943 bits per heavy atom. The number of hydrogen-bond acceptors (Lipinski definition) is 6. The summed E-state index contributed by atoms with van der Waals surface area (Å²) >= 11 is 0. The van der Waals surface area contributed by atoms with Crippen LogP contribution in [0.5, 0.6) is 5.75 Å². The molecule has 0 spiro atoms. The number of aromatic nitrogens is 3. The molecule has 0 N–H and O–H groups in total. The summed E-state index contributed by atoms with van der Waals surface area (Å²) in [5, 5.41) is 4.12. The Balaban J connectivity index is 1.14. The fourth-order valence-corrected chi connectivity index (χ4v) is 4.46. The molecule has 180 valence electrons. The molecule has 0 saturated carbocycles. The van der Waals surface area contributed by atoms with Crippen LogP contribution >= 0.6 is 0 Å². The van der Waals surface area contributed by atoms with Crippen LogP contribution in [0.4, 0.5) is 0 Å². The largest absolute Gasteiger partial charge is 0.493 e.